The summed E-state index contributed by atoms with van der Waals surface area (Å²) in [7, 11) is 0. The molecule has 0 aliphatic heterocycles. The zero-order valence-corrected chi connectivity index (χ0v) is 20.7. The number of aliphatic hydroxyl groups is 1. The van der Waals surface area contributed by atoms with Crippen LogP contribution in [-0.2, 0) is 18.9 Å². The van der Waals surface area contributed by atoms with E-state index in [0.29, 0.717) is 0 Å². The van der Waals surface area contributed by atoms with Crippen molar-refractivity contribution in [3.8, 4) is 0 Å². The molecule has 0 saturated carbocycles. The number of halogens is 28. The SMILES string of the molecule is CC(F)(F)C(F)(F)OC(F)(C(F)(F)F)C(F)(F)OC(F)(C(F)(F)F)C(F)(F)OC(F)(C(F)(F)F)C(F)(F)OC(F)(C(O)(F)F)C(F)(F)F. The minimum atomic E-state index is -9.14. The summed E-state index contributed by atoms with van der Waals surface area (Å²) in [6.07, 6.45) is -76.0. The van der Waals surface area contributed by atoms with Crippen LogP contribution < -0.4 is 0 Å². The molecule has 0 radical (unpaired) electrons. The molecular formula is C15H4F28O5. The van der Waals surface area contributed by atoms with Gasteiger partial charge in [0.1, 0.15) is 0 Å². The summed E-state index contributed by atoms with van der Waals surface area (Å²) < 4.78 is 374. The number of alkyl halides is 28. The van der Waals surface area contributed by atoms with Gasteiger partial charge in [-0.05, 0) is 0 Å². The van der Waals surface area contributed by atoms with Gasteiger partial charge >= 0.3 is 84.6 Å². The maximum atomic E-state index is 14.3. The van der Waals surface area contributed by atoms with Crippen LogP contribution in [-0.4, -0.2) is 89.7 Å². The predicted molar refractivity (Wildman–Crippen MR) is 81.5 cm³/mol. The highest BCUT2D eigenvalue weighted by atomic mass is 19.4. The molecule has 33 heteroatoms. The van der Waals surface area contributed by atoms with Gasteiger partial charge in [0.05, 0.1) is 0 Å². The first-order valence-corrected chi connectivity index (χ1v) is 9.90. The van der Waals surface area contributed by atoms with Crippen LogP contribution in [0.1, 0.15) is 6.92 Å². The molecule has 0 spiro atoms. The molecule has 290 valence electrons. The van der Waals surface area contributed by atoms with E-state index in [0.717, 1.165) is 14.2 Å². The molecule has 0 bridgehead atoms. The molecule has 0 aromatic heterocycles. The second-order valence-electron chi connectivity index (χ2n) is 8.28. The van der Waals surface area contributed by atoms with Crippen molar-refractivity contribution in [3.05, 3.63) is 0 Å². The zero-order chi connectivity index (χ0) is 39.8. The molecule has 0 fully saturated rings. The largest absolute Gasteiger partial charge is 0.458 e. The van der Waals surface area contributed by atoms with Crippen LogP contribution in [0.2, 0.25) is 0 Å². The van der Waals surface area contributed by atoms with Gasteiger partial charge in [-0.3, -0.25) is 18.9 Å². The van der Waals surface area contributed by atoms with E-state index in [2.05, 4.69) is 0 Å². The molecule has 0 aliphatic carbocycles. The Morgan fingerprint density at radius 1 is 0.292 bits per heavy atom. The fourth-order valence-corrected chi connectivity index (χ4v) is 2.13. The average Bonchev–Trinajstić information content (AvgIpc) is 2.72. The van der Waals surface area contributed by atoms with Crippen LogP contribution >= 0.6 is 0 Å². The van der Waals surface area contributed by atoms with E-state index in [9.17, 15) is 123 Å². The number of ether oxygens (including phenoxy) is 4. The van der Waals surface area contributed by atoms with Crippen LogP contribution in [0.15, 0.2) is 0 Å². The average molecular weight is 796 g/mol. The third-order valence-corrected chi connectivity index (χ3v) is 4.55. The lowest BCUT2D eigenvalue weighted by Crippen LogP contribution is -2.72. The van der Waals surface area contributed by atoms with Crippen molar-refractivity contribution in [2.45, 2.75) is 91.5 Å². The first-order valence-electron chi connectivity index (χ1n) is 9.90. The standard InChI is InChI=1S/C15H4F28O5/c1-2(16,17)12(36,37)46-4(19,8(25,26)27)14(40,41)48-6(21,10(31,32)33)15(42,43)47-5(20,9(28,29)30)13(38,39)45-3(18,7(22,23)24)11(34,35)44/h44H,1H3. The Morgan fingerprint density at radius 2 is 0.458 bits per heavy atom. The molecule has 48 heavy (non-hydrogen) atoms. The summed E-state index contributed by atoms with van der Waals surface area (Å²) in [6, 6.07) is 0. The van der Waals surface area contributed by atoms with Gasteiger partial charge in [0.25, 0.3) is 0 Å². The summed E-state index contributed by atoms with van der Waals surface area (Å²) in [6.45, 7) is -1.36. The number of hydrogen-bond donors (Lipinski definition) is 1. The van der Waals surface area contributed by atoms with Gasteiger partial charge in [0.15, 0.2) is 0 Å². The van der Waals surface area contributed by atoms with E-state index < -0.39 is 91.5 Å². The molecule has 0 saturated heterocycles. The van der Waals surface area contributed by atoms with E-state index in [1.54, 1.807) is 0 Å². The van der Waals surface area contributed by atoms with Crippen LogP contribution in [0.4, 0.5) is 123 Å². The quantitative estimate of drug-likeness (QED) is 0.190. The normalized spacial score (nSPS) is 20.9. The van der Waals surface area contributed by atoms with E-state index >= 15 is 0 Å². The monoisotopic (exact) mass is 796 g/mol. The molecular weight excluding hydrogens is 792 g/mol. The highest BCUT2D eigenvalue weighted by molar-refractivity contribution is 4.99. The van der Waals surface area contributed by atoms with Crippen LogP contribution in [0.25, 0.3) is 0 Å². The van der Waals surface area contributed by atoms with Gasteiger partial charge in [-0.2, -0.15) is 123 Å². The summed E-state index contributed by atoms with van der Waals surface area (Å²) in [5.41, 5.74) is 0. The van der Waals surface area contributed by atoms with E-state index in [1.807, 2.05) is 0 Å². The van der Waals surface area contributed by atoms with Crippen LogP contribution in [0.3, 0.4) is 0 Å². The van der Waals surface area contributed by atoms with Crippen LogP contribution in [0.5, 0.6) is 0 Å². The van der Waals surface area contributed by atoms with E-state index in [-0.39, 0.29) is 0 Å². The Hall–Kier alpha value is -2.16. The van der Waals surface area contributed by atoms with E-state index in [4.69, 9.17) is 5.11 Å². The molecule has 4 atom stereocenters. The van der Waals surface area contributed by atoms with Gasteiger partial charge < -0.3 is 5.11 Å². The molecule has 0 aromatic carbocycles. The van der Waals surface area contributed by atoms with Gasteiger partial charge in [-0.15, -0.1) is 0 Å². The Labute approximate surface area is 240 Å². The van der Waals surface area contributed by atoms with Crippen LogP contribution in [0, 0.1) is 0 Å². The van der Waals surface area contributed by atoms with Gasteiger partial charge in [-0.1, -0.05) is 0 Å². The Bertz CT molecular complexity index is 1110. The van der Waals surface area contributed by atoms with Crippen molar-refractivity contribution in [1.82, 2.24) is 0 Å². The molecule has 4 unspecified atom stereocenters. The Morgan fingerprint density at radius 3 is 0.604 bits per heavy atom. The molecule has 1 N–H and O–H groups in total. The molecule has 5 nitrogen and oxygen atoms in total. The molecule has 0 amide bonds. The third kappa shape index (κ3) is 7.61. The smallest absolute Gasteiger partial charge is 0.331 e. The molecule has 0 aliphatic rings. The highest BCUT2D eigenvalue weighted by Crippen LogP contribution is 2.61. The topological polar surface area (TPSA) is 57.2 Å². The summed E-state index contributed by atoms with van der Waals surface area (Å²) in [5, 5.41) is 7.74. The summed E-state index contributed by atoms with van der Waals surface area (Å²) >= 11 is 0. The fourth-order valence-electron chi connectivity index (χ4n) is 2.13. The van der Waals surface area contributed by atoms with Crippen molar-refractivity contribution >= 4 is 0 Å². The minimum Gasteiger partial charge on any atom is -0.331 e. The maximum absolute atomic E-state index is 14.3. The summed E-state index contributed by atoms with van der Waals surface area (Å²) in [4.78, 5) is 0. The van der Waals surface area contributed by atoms with Gasteiger partial charge in [0, 0.05) is 6.92 Å². The van der Waals surface area contributed by atoms with Crippen molar-refractivity contribution in [3.63, 3.8) is 0 Å². The lowest BCUT2D eigenvalue weighted by atomic mass is 10.2. The summed E-state index contributed by atoms with van der Waals surface area (Å²) in [5.74, 6) is -41.3. The Balaban J connectivity index is 7.64. The molecule has 0 heterocycles. The van der Waals surface area contributed by atoms with Crippen molar-refractivity contribution in [1.29, 1.82) is 0 Å². The van der Waals surface area contributed by atoms with Gasteiger partial charge in [-0.25, -0.2) is 0 Å². The zero-order valence-electron chi connectivity index (χ0n) is 20.7. The van der Waals surface area contributed by atoms with Crippen molar-refractivity contribution in [2.75, 3.05) is 0 Å². The first kappa shape index (κ1) is 45.8. The predicted octanol–water partition coefficient (Wildman–Crippen LogP) is 8.58. The first-order chi connectivity index (χ1) is 20.1. The number of rotatable bonds is 13. The van der Waals surface area contributed by atoms with E-state index in [1.165, 1.54) is 4.74 Å². The number of hydrogen-bond acceptors (Lipinski definition) is 5. The van der Waals surface area contributed by atoms with Crippen molar-refractivity contribution < 1.29 is 147 Å². The fraction of sp³-hybridized carbons (Fsp3) is 1.00. The molecule has 0 rings (SSSR count). The minimum absolute atomic E-state index is 0.890. The maximum Gasteiger partial charge on any atom is 0.458 e. The second kappa shape index (κ2) is 11.7. The third-order valence-electron chi connectivity index (χ3n) is 4.55. The lowest BCUT2D eigenvalue weighted by Gasteiger charge is -2.44. The van der Waals surface area contributed by atoms with Gasteiger partial charge in [0.2, 0.25) is 0 Å². The lowest BCUT2D eigenvalue weighted by molar-refractivity contribution is -0.596. The highest BCUT2D eigenvalue weighted by Gasteiger charge is 2.90. The van der Waals surface area contributed by atoms with Crippen molar-refractivity contribution in [2.24, 2.45) is 0 Å². The second-order valence-corrected chi connectivity index (χ2v) is 8.28. The molecule has 0 aromatic rings. The Kier molecular flexibility index (Phi) is 11.2.